The predicted octanol–water partition coefficient (Wildman–Crippen LogP) is 4.21. The molecule has 112 valence electrons. The highest BCUT2D eigenvalue weighted by molar-refractivity contribution is 6.30. The van der Waals surface area contributed by atoms with Crippen molar-refractivity contribution in [2.45, 2.75) is 26.4 Å². The van der Waals surface area contributed by atoms with Crippen LogP contribution in [-0.4, -0.2) is 12.2 Å². The van der Waals surface area contributed by atoms with E-state index in [2.05, 4.69) is 31.3 Å². The Bertz CT molecular complexity index is 628. The molecule has 0 bridgehead atoms. The summed E-state index contributed by atoms with van der Waals surface area (Å²) < 4.78 is 5.11. The highest BCUT2D eigenvalue weighted by Crippen LogP contribution is 2.33. The molecule has 0 heterocycles. The smallest absolute Gasteiger partial charge is 0.162 e. The summed E-state index contributed by atoms with van der Waals surface area (Å²) in [5.41, 5.74) is 3.20. The van der Waals surface area contributed by atoms with Crippen LogP contribution in [0.15, 0.2) is 36.4 Å². The van der Waals surface area contributed by atoms with Gasteiger partial charge in [0, 0.05) is 29.2 Å². The van der Waals surface area contributed by atoms with Gasteiger partial charge in [0.1, 0.15) is 0 Å². The van der Waals surface area contributed by atoms with E-state index in [1.807, 2.05) is 12.1 Å². The van der Waals surface area contributed by atoms with Crippen LogP contribution in [0.25, 0.3) is 0 Å². The standard InChI is InChI=1S/C17H20ClNO2/c1-11-6-4-5-7-15(11)12(2)19-10-13-8-14(18)9-16(21-3)17(13)20/h4-9,12,19-20H,10H2,1-3H3/t12-/m0/s1. The molecule has 0 saturated carbocycles. The molecular weight excluding hydrogens is 286 g/mol. The third kappa shape index (κ3) is 3.69. The maximum atomic E-state index is 10.1. The lowest BCUT2D eigenvalue weighted by Crippen LogP contribution is -2.19. The Kier molecular flexibility index (Phi) is 5.10. The van der Waals surface area contributed by atoms with Crippen molar-refractivity contribution in [1.82, 2.24) is 5.32 Å². The van der Waals surface area contributed by atoms with E-state index >= 15 is 0 Å². The lowest BCUT2D eigenvalue weighted by Gasteiger charge is -2.17. The van der Waals surface area contributed by atoms with Crippen molar-refractivity contribution in [3.63, 3.8) is 0 Å². The Morgan fingerprint density at radius 1 is 1.29 bits per heavy atom. The number of hydrogen-bond donors (Lipinski definition) is 2. The summed E-state index contributed by atoms with van der Waals surface area (Å²) in [5, 5.41) is 14.1. The molecule has 2 N–H and O–H groups in total. The van der Waals surface area contributed by atoms with Gasteiger partial charge in [-0.25, -0.2) is 0 Å². The van der Waals surface area contributed by atoms with E-state index in [0.29, 0.717) is 17.3 Å². The maximum Gasteiger partial charge on any atom is 0.162 e. The Hall–Kier alpha value is -1.71. The van der Waals surface area contributed by atoms with Crippen LogP contribution in [0, 0.1) is 6.92 Å². The molecule has 0 unspecified atom stereocenters. The van der Waals surface area contributed by atoms with Crippen LogP contribution in [-0.2, 0) is 6.54 Å². The highest BCUT2D eigenvalue weighted by atomic mass is 35.5. The highest BCUT2D eigenvalue weighted by Gasteiger charge is 2.12. The average molecular weight is 306 g/mol. The second-order valence-electron chi connectivity index (χ2n) is 5.07. The SMILES string of the molecule is COc1cc(Cl)cc(CN[C@@H](C)c2ccccc2C)c1O. The lowest BCUT2D eigenvalue weighted by molar-refractivity contribution is 0.369. The summed E-state index contributed by atoms with van der Waals surface area (Å²) in [6, 6.07) is 11.8. The molecule has 0 saturated heterocycles. The van der Waals surface area contributed by atoms with Crippen LogP contribution in [0.5, 0.6) is 11.5 Å². The zero-order chi connectivity index (χ0) is 15.4. The van der Waals surface area contributed by atoms with Crippen molar-refractivity contribution >= 4 is 11.6 Å². The van der Waals surface area contributed by atoms with E-state index in [4.69, 9.17) is 16.3 Å². The molecular formula is C17H20ClNO2. The summed E-state index contributed by atoms with van der Waals surface area (Å²) >= 11 is 6.04. The van der Waals surface area contributed by atoms with Crippen LogP contribution in [0.3, 0.4) is 0 Å². The summed E-state index contributed by atoms with van der Waals surface area (Å²) in [6.45, 7) is 4.70. The van der Waals surface area contributed by atoms with E-state index in [1.54, 1.807) is 12.1 Å². The first kappa shape index (κ1) is 15.7. The van der Waals surface area contributed by atoms with Gasteiger partial charge >= 0.3 is 0 Å². The van der Waals surface area contributed by atoms with Gasteiger partial charge in [-0.15, -0.1) is 0 Å². The fourth-order valence-corrected chi connectivity index (χ4v) is 2.60. The van der Waals surface area contributed by atoms with Gasteiger partial charge in [-0.05, 0) is 31.0 Å². The molecule has 3 nitrogen and oxygen atoms in total. The van der Waals surface area contributed by atoms with E-state index in [0.717, 1.165) is 5.56 Å². The number of hydrogen-bond acceptors (Lipinski definition) is 3. The molecule has 0 aliphatic carbocycles. The Morgan fingerprint density at radius 2 is 2.00 bits per heavy atom. The van der Waals surface area contributed by atoms with Gasteiger partial charge in [-0.3, -0.25) is 0 Å². The van der Waals surface area contributed by atoms with Crippen molar-refractivity contribution in [3.05, 3.63) is 58.1 Å². The molecule has 0 aliphatic heterocycles. The second-order valence-corrected chi connectivity index (χ2v) is 5.51. The zero-order valence-corrected chi connectivity index (χ0v) is 13.2. The maximum absolute atomic E-state index is 10.1. The number of rotatable bonds is 5. The molecule has 0 spiro atoms. The number of phenols is 1. The molecule has 2 aromatic carbocycles. The van der Waals surface area contributed by atoms with Crippen LogP contribution in [0.4, 0.5) is 0 Å². The fraction of sp³-hybridized carbons (Fsp3) is 0.294. The first-order valence-electron chi connectivity index (χ1n) is 6.87. The van der Waals surface area contributed by atoms with Crippen molar-refractivity contribution in [3.8, 4) is 11.5 Å². The van der Waals surface area contributed by atoms with Gasteiger partial charge in [0.25, 0.3) is 0 Å². The minimum absolute atomic E-state index is 0.131. The fourth-order valence-electron chi connectivity index (χ4n) is 2.36. The van der Waals surface area contributed by atoms with Gasteiger partial charge in [-0.2, -0.15) is 0 Å². The zero-order valence-electron chi connectivity index (χ0n) is 12.5. The van der Waals surface area contributed by atoms with Crippen LogP contribution >= 0.6 is 11.6 Å². The third-order valence-electron chi connectivity index (χ3n) is 3.59. The second kappa shape index (κ2) is 6.83. The Balaban J connectivity index is 2.13. The number of nitrogens with one attached hydrogen (secondary N) is 1. The van der Waals surface area contributed by atoms with Crippen LogP contribution in [0.1, 0.15) is 29.7 Å². The quantitative estimate of drug-likeness (QED) is 0.869. The van der Waals surface area contributed by atoms with Crippen molar-refractivity contribution in [1.29, 1.82) is 0 Å². The summed E-state index contributed by atoms with van der Waals surface area (Å²) in [7, 11) is 1.51. The molecule has 21 heavy (non-hydrogen) atoms. The largest absolute Gasteiger partial charge is 0.504 e. The predicted molar refractivity (Wildman–Crippen MR) is 86.1 cm³/mol. The number of methoxy groups -OCH3 is 1. The first-order chi connectivity index (χ1) is 10.0. The van der Waals surface area contributed by atoms with Crippen molar-refractivity contribution in [2.24, 2.45) is 0 Å². The number of benzene rings is 2. The minimum atomic E-state index is 0.131. The summed E-state index contributed by atoms with van der Waals surface area (Å²) in [5.74, 6) is 0.522. The van der Waals surface area contributed by atoms with Gasteiger partial charge in [0.15, 0.2) is 11.5 Å². The molecule has 2 rings (SSSR count). The van der Waals surface area contributed by atoms with Crippen LogP contribution < -0.4 is 10.1 Å². The van der Waals surface area contributed by atoms with E-state index in [1.165, 1.54) is 18.2 Å². The van der Waals surface area contributed by atoms with Gasteiger partial charge < -0.3 is 15.2 Å². The van der Waals surface area contributed by atoms with Gasteiger partial charge in [-0.1, -0.05) is 35.9 Å². The van der Waals surface area contributed by atoms with E-state index in [-0.39, 0.29) is 11.8 Å². The normalized spacial score (nSPS) is 12.2. The molecule has 0 aromatic heterocycles. The lowest BCUT2D eigenvalue weighted by atomic mass is 10.0. The van der Waals surface area contributed by atoms with Crippen molar-refractivity contribution in [2.75, 3.05) is 7.11 Å². The first-order valence-corrected chi connectivity index (χ1v) is 7.25. The molecule has 4 heteroatoms. The van der Waals surface area contributed by atoms with E-state index < -0.39 is 0 Å². The number of ether oxygens (including phenoxy) is 1. The topological polar surface area (TPSA) is 41.5 Å². The average Bonchev–Trinajstić information content (AvgIpc) is 2.47. The molecule has 2 aromatic rings. The van der Waals surface area contributed by atoms with E-state index in [9.17, 15) is 5.11 Å². The minimum Gasteiger partial charge on any atom is -0.504 e. The van der Waals surface area contributed by atoms with Gasteiger partial charge in [0.05, 0.1) is 7.11 Å². The molecule has 1 atom stereocenters. The summed E-state index contributed by atoms with van der Waals surface area (Å²) in [4.78, 5) is 0. The van der Waals surface area contributed by atoms with Crippen LogP contribution in [0.2, 0.25) is 5.02 Å². The number of aryl methyl sites for hydroxylation is 1. The molecule has 0 radical (unpaired) electrons. The molecule has 0 amide bonds. The number of phenolic OH excluding ortho intramolecular Hbond substituents is 1. The Morgan fingerprint density at radius 3 is 2.67 bits per heavy atom. The van der Waals surface area contributed by atoms with Gasteiger partial charge in [0.2, 0.25) is 0 Å². The Labute approximate surface area is 130 Å². The third-order valence-corrected chi connectivity index (χ3v) is 3.81. The molecule has 0 fully saturated rings. The molecule has 0 aliphatic rings. The number of halogens is 1. The monoisotopic (exact) mass is 305 g/mol. The number of aromatic hydroxyl groups is 1. The summed E-state index contributed by atoms with van der Waals surface area (Å²) in [6.07, 6.45) is 0. The van der Waals surface area contributed by atoms with Crippen molar-refractivity contribution < 1.29 is 9.84 Å².